The van der Waals surface area contributed by atoms with Gasteiger partial charge in [0.15, 0.2) is 0 Å². The molecule has 0 aromatic heterocycles. The molecule has 3 rings (SSSR count). The van der Waals surface area contributed by atoms with Gasteiger partial charge in [-0.2, -0.15) is 8.78 Å². The Labute approximate surface area is 155 Å². The first-order chi connectivity index (χ1) is 12.8. The van der Waals surface area contributed by atoms with Crippen LogP contribution in [0.4, 0.5) is 14.5 Å². The van der Waals surface area contributed by atoms with E-state index in [4.69, 9.17) is 0 Å². The molecule has 0 spiro atoms. The molecule has 6 nitrogen and oxygen atoms in total. The number of phenolic OH excluding ortho intramolecular Hbond substituents is 1. The van der Waals surface area contributed by atoms with Crippen molar-refractivity contribution in [1.82, 2.24) is 10.9 Å². The molecule has 144 valence electrons. The maximum absolute atomic E-state index is 12.4. The van der Waals surface area contributed by atoms with Crippen molar-refractivity contribution in [3.8, 4) is 11.5 Å². The molecule has 0 aliphatic carbocycles. The highest BCUT2D eigenvalue weighted by Crippen LogP contribution is 2.33. The first-order valence-electron chi connectivity index (χ1n) is 8.50. The molecule has 0 saturated carbocycles. The highest BCUT2D eigenvalue weighted by molar-refractivity contribution is 5.95. The predicted molar refractivity (Wildman–Crippen MR) is 96.7 cm³/mol. The monoisotopic (exact) mass is 377 g/mol. The summed E-state index contributed by atoms with van der Waals surface area (Å²) in [6.45, 7) is 0.891. The van der Waals surface area contributed by atoms with Crippen molar-refractivity contribution in [2.45, 2.75) is 39.0 Å². The molecule has 8 heteroatoms. The van der Waals surface area contributed by atoms with E-state index in [9.17, 15) is 18.7 Å². The largest absolute Gasteiger partial charge is 0.507 e. The van der Waals surface area contributed by atoms with Gasteiger partial charge >= 0.3 is 6.61 Å². The SMILES string of the molecule is Cc1cc(C)c(O)c(C2CC(C(=O)Nc3ccc(OC(F)F)cc3)NN2)c1. The quantitative estimate of drug-likeness (QED) is 0.644. The van der Waals surface area contributed by atoms with Crippen LogP contribution in [-0.2, 0) is 4.79 Å². The van der Waals surface area contributed by atoms with E-state index in [1.54, 1.807) is 0 Å². The Balaban J connectivity index is 1.62. The number of phenols is 1. The number of carbonyl (C=O) groups is 1. The normalized spacial score (nSPS) is 19.3. The summed E-state index contributed by atoms with van der Waals surface area (Å²) in [7, 11) is 0. The van der Waals surface area contributed by atoms with Crippen LogP contribution in [0.2, 0.25) is 0 Å². The highest BCUT2D eigenvalue weighted by Gasteiger charge is 2.31. The molecule has 1 fully saturated rings. The number of halogens is 2. The number of benzene rings is 2. The first kappa shape index (κ1) is 19.1. The van der Waals surface area contributed by atoms with Gasteiger partial charge in [0.25, 0.3) is 0 Å². The van der Waals surface area contributed by atoms with Crippen LogP contribution < -0.4 is 20.9 Å². The Hall–Kier alpha value is -2.71. The van der Waals surface area contributed by atoms with Gasteiger partial charge in [0.2, 0.25) is 5.91 Å². The number of anilines is 1. The number of hydrazine groups is 1. The third-order valence-electron chi connectivity index (χ3n) is 4.42. The first-order valence-corrected chi connectivity index (χ1v) is 8.50. The number of amides is 1. The number of aryl methyl sites for hydroxylation is 2. The van der Waals surface area contributed by atoms with E-state index >= 15 is 0 Å². The number of nitrogens with one attached hydrogen (secondary N) is 3. The van der Waals surface area contributed by atoms with E-state index < -0.39 is 12.7 Å². The van der Waals surface area contributed by atoms with Crippen molar-refractivity contribution in [1.29, 1.82) is 0 Å². The van der Waals surface area contributed by atoms with Gasteiger partial charge in [-0.05, 0) is 50.1 Å². The van der Waals surface area contributed by atoms with Crippen LogP contribution in [0.15, 0.2) is 36.4 Å². The Morgan fingerprint density at radius 3 is 2.59 bits per heavy atom. The van der Waals surface area contributed by atoms with E-state index in [1.807, 2.05) is 26.0 Å². The molecule has 2 aromatic carbocycles. The minimum Gasteiger partial charge on any atom is -0.507 e. The molecule has 1 amide bonds. The molecule has 1 aliphatic rings. The van der Waals surface area contributed by atoms with Crippen LogP contribution in [0, 0.1) is 13.8 Å². The lowest BCUT2D eigenvalue weighted by atomic mass is 9.96. The second kappa shape index (κ2) is 7.89. The standard InChI is InChI=1S/C19H21F2N3O3/c1-10-7-11(2)17(25)14(8-10)15-9-16(24-23-15)18(26)22-12-3-5-13(6-4-12)27-19(20)21/h3-8,15-16,19,23-25H,9H2,1-2H3,(H,22,26). The summed E-state index contributed by atoms with van der Waals surface area (Å²) in [5, 5.41) is 13.0. The lowest BCUT2D eigenvalue weighted by molar-refractivity contribution is -0.117. The molecular weight excluding hydrogens is 356 g/mol. The Morgan fingerprint density at radius 1 is 1.22 bits per heavy atom. The molecule has 2 atom stereocenters. The van der Waals surface area contributed by atoms with Crippen LogP contribution in [0.1, 0.15) is 29.2 Å². The van der Waals surface area contributed by atoms with E-state index in [0.717, 1.165) is 16.7 Å². The van der Waals surface area contributed by atoms with Crippen molar-refractivity contribution in [3.05, 3.63) is 53.1 Å². The van der Waals surface area contributed by atoms with Gasteiger partial charge in [0.05, 0.1) is 6.04 Å². The molecule has 4 N–H and O–H groups in total. The van der Waals surface area contributed by atoms with E-state index in [2.05, 4.69) is 20.9 Å². The molecular formula is C19H21F2N3O3. The van der Waals surface area contributed by atoms with Crippen LogP contribution in [0.25, 0.3) is 0 Å². The highest BCUT2D eigenvalue weighted by atomic mass is 19.3. The maximum Gasteiger partial charge on any atom is 0.387 e. The maximum atomic E-state index is 12.4. The number of hydrogen-bond donors (Lipinski definition) is 4. The number of ether oxygens (including phenoxy) is 1. The van der Waals surface area contributed by atoms with Crippen LogP contribution in [-0.4, -0.2) is 23.7 Å². The van der Waals surface area contributed by atoms with Crippen molar-refractivity contribution in [2.24, 2.45) is 0 Å². The average Bonchev–Trinajstić information content (AvgIpc) is 3.09. The molecule has 2 aromatic rings. The fraction of sp³-hybridized carbons (Fsp3) is 0.316. The summed E-state index contributed by atoms with van der Waals surface area (Å²) >= 11 is 0. The number of aromatic hydroxyl groups is 1. The predicted octanol–water partition coefficient (Wildman–Crippen LogP) is 3.16. The number of hydrogen-bond acceptors (Lipinski definition) is 5. The van der Waals surface area contributed by atoms with E-state index in [0.29, 0.717) is 12.1 Å². The summed E-state index contributed by atoms with van der Waals surface area (Å²) in [6, 6.07) is 8.78. The molecule has 0 radical (unpaired) electrons. The molecule has 0 bridgehead atoms. The van der Waals surface area contributed by atoms with Gasteiger partial charge in [-0.25, -0.2) is 10.9 Å². The van der Waals surface area contributed by atoms with E-state index in [1.165, 1.54) is 24.3 Å². The van der Waals surface area contributed by atoms with Crippen molar-refractivity contribution in [3.63, 3.8) is 0 Å². The molecule has 1 saturated heterocycles. The topological polar surface area (TPSA) is 82.6 Å². The summed E-state index contributed by atoms with van der Waals surface area (Å²) in [5.74, 6) is -0.0269. The third-order valence-corrected chi connectivity index (χ3v) is 4.42. The van der Waals surface area contributed by atoms with Gasteiger partial charge in [-0.3, -0.25) is 4.79 Å². The summed E-state index contributed by atoms with van der Waals surface area (Å²) in [4.78, 5) is 12.4. The van der Waals surface area contributed by atoms with Crippen molar-refractivity contribution >= 4 is 11.6 Å². The van der Waals surface area contributed by atoms with Gasteiger partial charge in [0.1, 0.15) is 17.5 Å². The van der Waals surface area contributed by atoms with Crippen LogP contribution >= 0.6 is 0 Å². The van der Waals surface area contributed by atoms with Gasteiger partial charge in [-0.1, -0.05) is 17.7 Å². The minimum absolute atomic E-state index is 0.0222. The van der Waals surface area contributed by atoms with Crippen LogP contribution in [0.5, 0.6) is 11.5 Å². The van der Waals surface area contributed by atoms with Gasteiger partial charge in [0, 0.05) is 11.3 Å². The van der Waals surface area contributed by atoms with Gasteiger partial charge < -0.3 is 15.2 Å². The second-order valence-corrected chi connectivity index (χ2v) is 6.54. The molecule has 1 heterocycles. The number of rotatable bonds is 5. The number of carbonyl (C=O) groups excluding carboxylic acids is 1. The van der Waals surface area contributed by atoms with Crippen LogP contribution in [0.3, 0.4) is 0 Å². The van der Waals surface area contributed by atoms with Crippen molar-refractivity contribution in [2.75, 3.05) is 5.32 Å². The van der Waals surface area contributed by atoms with Crippen molar-refractivity contribution < 1.29 is 23.4 Å². The van der Waals surface area contributed by atoms with Gasteiger partial charge in [-0.15, -0.1) is 0 Å². The fourth-order valence-electron chi connectivity index (χ4n) is 3.14. The molecule has 27 heavy (non-hydrogen) atoms. The zero-order chi connectivity index (χ0) is 19.6. The smallest absolute Gasteiger partial charge is 0.387 e. The summed E-state index contributed by atoms with van der Waals surface area (Å²) in [6.07, 6.45) is 0.453. The zero-order valence-corrected chi connectivity index (χ0v) is 14.9. The Kier molecular flexibility index (Phi) is 5.57. The third kappa shape index (κ3) is 4.53. The Morgan fingerprint density at radius 2 is 1.93 bits per heavy atom. The average molecular weight is 377 g/mol. The lowest BCUT2D eigenvalue weighted by Gasteiger charge is -2.15. The molecule has 2 unspecified atom stereocenters. The number of alkyl halides is 2. The summed E-state index contributed by atoms with van der Waals surface area (Å²) < 4.78 is 28.6. The minimum atomic E-state index is -2.89. The zero-order valence-electron chi connectivity index (χ0n) is 14.9. The molecule has 1 aliphatic heterocycles. The fourth-order valence-corrected chi connectivity index (χ4v) is 3.14. The van der Waals surface area contributed by atoms with E-state index in [-0.39, 0.29) is 23.4 Å². The second-order valence-electron chi connectivity index (χ2n) is 6.54. The Bertz CT molecular complexity index is 828. The lowest BCUT2D eigenvalue weighted by Crippen LogP contribution is -2.39. The summed E-state index contributed by atoms with van der Waals surface area (Å²) in [5.41, 5.74) is 9.00.